The lowest BCUT2D eigenvalue weighted by molar-refractivity contribution is -0.132. The van der Waals surface area contributed by atoms with Gasteiger partial charge >= 0.3 is 0 Å². The Morgan fingerprint density at radius 2 is 1.82 bits per heavy atom. The van der Waals surface area contributed by atoms with E-state index < -0.39 is 0 Å². The average Bonchev–Trinajstić information content (AvgIpc) is 3.21. The van der Waals surface area contributed by atoms with Gasteiger partial charge in [0.2, 0.25) is 5.91 Å². The minimum Gasteiger partial charge on any atom is -0.440 e. The number of aryl methyl sites for hydroxylation is 2. The zero-order valence-corrected chi connectivity index (χ0v) is 18.0. The highest BCUT2D eigenvalue weighted by Crippen LogP contribution is 2.30. The maximum absolute atomic E-state index is 12.6. The number of hydrogen-bond acceptors (Lipinski definition) is 4. The van der Waals surface area contributed by atoms with Crippen molar-refractivity contribution < 1.29 is 9.21 Å². The molecule has 28 heavy (non-hydrogen) atoms. The van der Waals surface area contributed by atoms with E-state index in [4.69, 9.17) is 4.42 Å². The summed E-state index contributed by atoms with van der Waals surface area (Å²) >= 11 is 0. The highest BCUT2D eigenvalue weighted by molar-refractivity contribution is 5.85. The highest BCUT2D eigenvalue weighted by atomic mass is 35.5. The lowest BCUT2D eigenvalue weighted by Crippen LogP contribution is -2.48. The summed E-state index contributed by atoms with van der Waals surface area (Å²) in [5.41, 5.74) is 1.90. The highest BCUT2D eigenvalue weighted by Gasteiger charge is 2.36. The Kier molecular flexibility index (Phi) is 7.93. The van der Waals surface area contributed by atoms with Crippen molar-refractivity contribution >= 4 is 30.7 Å². The third-order valence-electron chi connectivity index (χ3n) is 5.82. The van der Waals surface area contributed by atoms with Gasteiger partial charge in [-0.25, -0.2) is 4.98 Å². The second-order valence-electron chi connectivity index (χ2n) is 7.66. The fourth-order valence-electron chi connectivity index (χ4n) is 4.35. The van der Waals surface area contributed by atoms with E-state index in [0.717, 1.165) is 29.9 Å². The Morgan fingerprint density at radius 1 is 1.18 bits per heavy atom. The molecule has 0 radical (unpaired) electrons. The molecule has 0 aliphatic carbocycles. The van der Waals surface area contributed by atoms with E-state index in [-0.39, 0.29) is 30.7 Å². The van der Waals surface area contributed by atoms with Gasteiger partial charge in [-0.2, -0.15) is 0 Å². The lowest BCUT2D eigenvalue weighted by atomic mass is 9.98. The molecule has 1 N–H and O–H groups in total. The number of aromatic nitrogens is 1. The summed E-state index contributed by atoms with van der Waals surface area (Å²) in [6.07, 6.45) is 5.66. The molecule has 4 rings (SSSR count). The van der Waals surface area contributed by atoms with Gasteiger partial charge in [-0.15, -0.1) is 24.8 Å². The fraction of sp³-hybridized carbons (Fsp3) is 0.524. The molecule has 1 amide bonds. The van der Waals surface area contributed by atoms with Crippen molar-refractivity contribution in [2.75, 3.05) is 7.05 Å². The molecule has 2 fully saturated rings. The number of halogens is 2. The predicted octanol–water partition coefficient (Wildman–Crippen LogP) is 4.17. The molecule has 2 aromatic rings. The van der Waals surface area contributed by atoms with Crippen LogP contribution in [0.4, 0.5) is 0 Å². The maximum atomic E-state index is 12.6. The molecule has 2 bridgehead atoms. The van der Waals surface area contributed by atoms with Gasteiger partial charge in [0, 0.05) is 43.6 Å². The van der Waals surface area contributed by atoms with Crippen LogP contribution in [0.2, 0.25) is 0 Å². The van der Waals surface area contributed by atoms with E-state index in [1.54, 1.807) is 0 Å². The van der Waals surface area contributed by atoms with Crippen LogP contribution in [0.1, 0.15) is 43.7 Å². The van der Waals surface area contributed by atoms with Gasteiger partial charge in [-0.1, -0.05) is 30.3 Å². The van der Waals surface area contributed by atoms with Gasteiger partial charge < -0.3 is 14.6 Å². The van der Waals surface area contributed by atoms with Crippen LogP contribution in [0.25, 0.3) is 11.3 Å². The molecule has 5 nitrogen and oxygen atoms in total. The van der Waals surface area contributed by atoms with Crippen molar-refractivity contribution in [3.8, 4) is 11.3 Å². The number of carbonyl (C=O) groups excluding carboxylic acids is 1. The number of carbonyl (C=O) groups is 1. The Labute approximate surface area is 179 Å². The Hall–Kier alpha value is -1.56. The van der Waals surface area contributed by atoms with Gasteiger partial charge in [0.05, 0.1) is 5.69 Å². The van der Waals surface area contributed by atoms with Crippen molar-refractivity contribution in [1.82, 2.24) is 15.2 Å². The van der Waals surface area contributed by atoms with E-state index >= 15 is 0 Å². The lowest BCUT2D eigenvalue weighted by Gasteiger charge is -2.35. The maximum Gasteiger partial charge on any atom is 0.223 e. The number of hydrogen-bond donors (Lipinski definition) is 1. The number of nitrogens with one attached hydrogen (secondary N) is 1. The Balaban J connectivity index is 0.00000140. The van der Waals surface area contributed by atoms with Crippen LogP contribution in [0.3, 0.4) is 0 Å². The molecule has 7 heteroatoms. The Bertz CT molecular complexity index is 769. The minimum absolute atomic E-state index is 0. The second-order valence-corrected chi connectivity index (χ2v) is 7.66. The van der Waals surface area contributed by atoms with E-state index in [2.05, 4.69) is 10.3 Å². The normalized spacial score (nSPS) is 22.9. The summed E-state index contributed by atoms with van der Waals surface area (Å²) in [5, 5.41) is 3.63. The summed E-state index contributed by atoms with van der Waals surface area (Å²) in [7, 11) is 1.95. The fourth-order valence-corrected chi connectivity index (χ4v) is 4.35. The number of amides is 1. The number of fused-ring (bicyclic) bond motifs is 2. The molecular formula is C21H29Cl2N3O2. The monoisotopic (exact) mass is 425 g/mol. The molecule has 1 aromatic heterocycles. The first-order chi connectivity index (χ1) is 12.6. The molecule has 2 aliphatic heterocycles. The van der Waals surface area contributed by atoms with Gasteiger partial charge in [-0.05, 0) is 32.6 Å². The molecule has 2 unspecified atom stereocenters. The largest absolute Gasteiger partial charge is 0.440 e. The number of oxazole rings is 1. The first-order valence-electron chi connectivity index (χ1n) is 9.63. The quantitative estimate of drug-likeness (QED) is 0.780. The van der Waals surface area contributed by atoms with E-state index in [1.807, 2.05) is 49.2 Å². The van der Waals surface area contributed by atoms with Crippen molar-refractivity contribution in [3.63, 3.8) is 0 Å². The van der Waals surface area contributed by atoms with Crippen LogP contribution >= 0.6 is 24.8 Å². The van der Waals surface area contributed by atoms with E-state index in [0.29, 0.717) is 36.9 Å². The molecule has 2 atom stereocenters. The predicted molar refractivity (Wildman–Crippen MR) is 115 cm³/mol. The van der Waals surface area contributed by atoms with Crippen molar-refractivity contribution in [3.05, 3.63) is 41.9 Å². The number of rotatable bonds is 5. The zero-order valence-electron chi connectivity index (χ0n) is 16.4. The summed E-state index contributed by atoms with van der Waals surface area (Å²) in [4.78, 5) is 19.1. The van der Waals surface area contributed by atoms with Gasteiger partial charge in [0.15, 0.2) is 11.7 Å². The van der Waals surface area contributed by atoms with Gasteiger partial charge in [0.25, 0.3) is 0 Å². The van der Waals surface area contributed by atoms with Crippen molar-refractivity contribution in [2.45, 2.75) is 63.6 Å². The Morgan fingerprint density at radius 3 is 2.46 bits per heavy atom. The number of piperidine rings is 1. The van der Waals surface area contributed by atoms with Crippen molar-refractivity contribution in [2.24, 2.45) is 0 Å². The van der Waals surface area contributed by atoms with Gasteiger partial charge in [-0.3, -0.25) is 4.79 Å². The van der Waals surface area contributed by atoms with Crippen LogP contribution < -0.4 is 5.32 Å². The molecule has 0 spiro atoms. The minimum atomic E-state index is 0. The third-order valence-corrected chi connectivity index (χ3v) is 5.82. The molecule has 2 saturated heterocycles. The molecule has 0 saturated carbocycles. The molecule has 154 valence electrons. The summed E-state index contributed by atoms with van der Waals surface area (Å²) in [6.45, 7) is 1.95. The summed E-state index contributed by atoms with van der Waals surface area (Å²) in [5.74, 6) is 1.64. The van der Waals surface area contributed by atoms with E-state index in [1.165, 1.54) is 12.8 Å². The summed E-state index contributed by atoms with van der Waals surface area (Å²) < 4.78 is 5.93. The standard InChI is InChI=1S/C21H27N3O2.2ClH/c1-14-21(15-6-4-3-5-7-15)26-19(22-14)10-11-20(25)24(2)18-12-16-8-9-17(13-18)23-16;;/h3-7,16-18,23H,8-13H2,1-2H3;2*1H. The van der Waals surface area contributed by atoms with Crippen LogP contribution in [0, 0.1) is 6.92 Å². The average molecular weight is 426 g/mol. The molecule has 1 aromatic carbocycles. The second kappa shape index (κ2) is 9.77. The molecule has 3 heterocycles. The van der Waals surface area contributed by atoms with Crippen LogP contribution in [0.5, 0.6) is 0 Å². The van der Waals surface area contributed by atoms with Crippen LogP contribution in [-0.2, 0) is 11.2 Å². The van der Waals surface area contributed by atoms with E-state index in [9.17, 15) is 4.79 Å². The molecular weight excluding hydrogens is 397 g/mol. The van der Waals surface area contributed by atoms with Crippen molar-refractivity contribution in [1.29, 1.82) is 0 Å². The zero-order chi connectivity index (χ0) is 18.1. The first kappa shape index (κ1) is 22.7. The van der Waals surface area contributed by atoms with Gasteiger partial charge in [0.1, 0.15) is 0 Å². The topological polar surface area (TPSA) is 58.4 Å². The first-order valence-corrected chi connectivity index (χ1v) is 9.63. The smallest absolute Gasteiger partial charge is 0.223 e. The van der Waals surface area contributed by atoms with Crippen LogP contribution in [-0.4, -0.2) is 41.0 Å². The summed E-state index contributed by atoms with van der Waals surface area (Å²) in [6, 6.07) is 11.5. The number of nitrogens with zero attached hydrogens (tertiary/aromatic N) is 2. The van der Waals surface area contributed by atoms with Crippen LogP contribution in [0.15, 0.2) is 34.7 Å². The molecule has 2 aliphatic rings. The number of benzene rings is 1. The third kappa shape index (κ3) is 4.88. The SMILES string of the molecule is Cc1nc(CCC(=O)N(C)C2CC3CCC(C2)N3)oc1-c1ccccc1.Cl.Cl.